The number of fused-ring (bicyclic) bond motifs is 1. The largest absolute Gasteiger partial charge is 0.372 e. The lowest BCUT2D eigenvalue weighted by Crippen LogP contribution is -2.53. The Bertz CT molecular complexity index is 801. The zero-order valence-electron chi connectivity index (χ0n) is 17.0. The van der Waals surface area contributed by atoms with Crippen LogP contribution in [0.5, 0.6) is 0 Å². The van der Waals surface area contributed by atoms with E-state index in [9.17, 15) is 4.79 Å². The predicted octanol–water partition coefficient (Wildman–Crippen LogP) is 2.59. The molecule has 2 saturated heterocycles. The highest BCUT2D eigenvalue weighted by Crippen LogP contribution is 2.20. The summed E-state index contributed by atoms with van der Waals surface area (Å²) in [6.07, 6.45) is 0.260. The highest BCUT2D eigenvalue weighted by Gasteiger charge is 2.28. The molecule has 5 nitrogen and oxygen atoms in total. The second kappa shape index (κ2) is 8.60. The van der Waals surface area contributed by atoms with E-state index < -0.39 is 0 Å². The average molecular weight is 382 g/mol. The summed E-state index contributed by atoms with van der Waals surface area (Å²) in [5, 5.41) is 2.65. The molecule has 2 atom stereocenters. The zero-order valence-corrected chi connectivity index (χ0v) is 17.0. The molecule has 2 heterocycles. The Morgan fingerprint density at radius 3 is 2.32 bits per heavy atom. The third-order valence-electron chi connectivity index (χ3n) is 5.87. The van der Waals surface area contributed by atoms with Crippen molar-refractivity contribution in [2.45, 2.75) is 32.6 Å². The average Bonchev–Trinajstić information content (AvgIpc) is 2.69. The van der Waals surface area contributed by atoms with Crippen LogP contribution in [0.15, 0.2) is 42.5 Å². The first kappa shape index (κ1) is 19.4. The zero-order chi connectivity index (χ0) is 19.5. The highest BCUT2D eigenvalue weighted by atomic mass is 16.5. The second-order valence-corrected chi connectivity index (χ2v) is 8.25. The van der Waals surface area contributed by atoms with Crippen molar-refractivity contribution in [2.75, 3.05) is 45.8 Å². The van der Waals surface area contributed by atoms with Gasteiger partial charge in [0.1, 0.15) is 0 Å². The molecule has 2 aromatic carbocycles. The Kier molecular flexibility index (Phi) is 5.95. The monoisotopic (exact) mass is 381 g/mol. The third-order valence-corrected chi connectivity index (χ3v) is 5.87. The Morgan fingerprint density at radius 1 is 0.929 bits per heavy atom. The molecule has 0 unspecified atom stereocenters. The molecule has 0 bridgehead atoms. The van der Waals surface area contributed by atoms with Gasteiger partial charge in [-0.15, -0.1) is 0 Å². The quantitative estimate of drug-likeness (QED) is 0.816. The van der Waals surface area contributed by atoms with Gasteiger partial charge in [0, 0.05) is 45.8 Å². The first-order valence-electron chi connectivity index (χ1n) is 10.4. The minimum absolute atomic E-state index is 0.130. The number of carbonyl (C=O) groups is 1. The van der Waals surface area contributed by atoms with Gasteiger partial charge in [-0.1, -0.05) is 42.5 Å². The van der Waals surface area contributed by atoms with Crippen molar-refractivity contribution in [1.29, 1.82) is 0 Å². The van der Waals surface area contributed by atoms with Gasteiger partial charge in [-0.2, -0.15) is 0 Å². The topological polar surface area (TPSA) is 36.0 Å². The van der Waals surface area contributed by atoms with Crippen molar-refractivity contribution in [3.63, 3.8) is 0 Å². The minimum Gasteiger partial charge on any atom is -0.372 e. The fourth-order valence-electron chi connectivity index (χ4n) is 4.45. The molecule has 0 spiro atoms. The number of benzene rings is 2. The molecule has 0 aromatic heterocycles. The van der Waals surface area contributed by atoms with Crippen molar-refractivity contribution in [3.8, 4) is 0 Å². The molecule has 1 amide bonds. The maximum atomic E-state index is 12.7. The summed E-state index contributed by atoms with van der Waals surface area (Å²) in [4.78, 5) is 19.5. The van der Waals surface area contributed by atoms with E-state index in [0.29, 0.717) is 19.6 Å². The highest BCUT2D eigenvalue weighted by molar-refractivity contribution is 5.85. The molecule has 0 radical (unpaired) electrons. The summed E-state index contributed by atoms with van der Waals surface area (Å²) in [6.45, 7) is 10.9. The standard InChI is InChI=1S/C23H31N3O2/c1-18-14-26(15-19(2)28-18)23(27)17-25-12-10-24(11-13-25)16-21-8-5-7-20-6-3-4-9-22(20)21/h3-9,18-19H,10-17H2,1-2H3/t18-,19-/m1/s1. The van der Waals surface area contributed by atoms with E-state index in [-0.39, 0.29) is 18.1 Å². The molecule has 2 aliphatic heterocycles. The minimum atomic E-state index is 0.130. The van der Waals surface area contributed by atoms with Gasteiger partial charge in [0.05, 0.1) is 18.8 Å². The van der Waals surface area contributed by atoms with Gasteiger partial charge in [0.25, 0.3) is 0 Å². The van der Waals surface area contributed by atoms with Crippen molar-refractivity contribution < 1.29 is 9.53 Å². The van der Waals surface area contributed by atoms with Gasteiger partial charge < -0.3 is 9.64 Å². The van der Waals surface area contributed by atoms with Gasteiger partial charge in [0.15, 0.2) is 0 Å². The normalized spacial score (nSPS) is 24.6. The van der Waals surface area contributed by atoms with Crippen molar-refractivity contribution in [3.05, 3.63) is 48.0 Å². The number of piperazine rings is 1. The lowest BCUT2D eigenvalue weighted by Gasteiger charge is -2.38. The van der Waals surface area contributed by atoms with Crippen LogP contribution in [0.4, 0.5) is 0 Å². The van der Waals surface area contributed by atoms with Crippen LogP contribution in [0.3, 0.4) is 0 Å². The number of hydrogen-bond acceptors (Lipinski definition) is 4. The molecule has 5 heteroatoms. The van der Waals surface area contributed by atoms with Crippen LogP contribution in [0.2, 0.25) is 0 Å². The summed E-state index contributed by atoms with van der Waals surface area (Å²) in [7, 11) is 0. The van der Waals surface area contributed by atoms with E-state index >= 15 is 0 Å². The first-order chi connectivity index (χ1) is 13.6. The summed E-state index contributed by atoms with van der Waals surface area (Å²) >= 11 is 0. The maximum Gasteiger partial charge on any atom is 0.236 e. The number of nitrogens with zero attached hydrogens (tertiary/aromatic N) is 3. The van der Waals surface area contributed by atoms with Crippen molar-refractivity contribution in [2.24, 2.45) is 0 Å². The third kappa shape index (κ3) is 4.54. The van der Waals surface area contributed by atoms with Crippen LogP contribution < -0.4 is 0 Å². The van der Waals surface area contributed by atoms with Crippen LogP contribution in [0, 0.1) is 0 Å². The molecule has 28 heavy (non-hydrogen) atoms. The molecule has 2 aromatic rings. The van der Waals surface area contributed by atoms with Crippen LogP contribution in [0.25, 0.3) is 10.8 Å². The van der Waals surface area contributed by atoms with Gasteiger partial charge >= 0.3 is 0 Å². The van der Waals surface area contributed by atoms with E-state index in [2.05, 4.69) is 52.3 Å². The van der Waals surface area contributed by atoms with Crippen LogP contribution in [-0.4, -0.2) is 78.6 Å². The van der Waals surface area contributed by atoms with Gasteiger partial charge in [-0.3, -0.25) is 14.6 Å². The summed E-state index contributed by atoms with van der Waals surface area (Å²) in [6, 6.07) is 15.2. The van der Waals surface area contributed by atoms with Crippen LogP contribution in [0.1, 0.15) is 19.4 Å². The lowest BCUT2D eigenvalue weighted by atomic mass is 10.0. The molecular weight excluding hydrogens is 350 g/mol. The van der Waals surface area contributed by atoms with E-state index in [1.807, 2.05) is 18.7 Å². The number of rotatable bonds is 4. The Balaban J connectivity index is 1.29. The van der Waals surface area contributed by atoms with Gasteiger partial charge in [-0.25, -0.2) is 0 Å². The summed E-state index contributed by atoms with van der Waals surface area (Å²) in [5.41, 5.74) is 1.39. The molecule has 150 valence electrons. The van der Waals surface area contributed by atoms with Crippen LogP contribution in [-0.2, 0) is 16.1 Å². The number of hydrogen-bond donors (Lipinski definition) is 0. The molecule has 4 rings (SSSR count). The SMILES string of the molecule is C[C@@H]1CN(C(=O)CN2CCN(Cc3cccc4ccccc34)CC2)C[C@@H](C)O1. The van der Waals surface area contributed by atoms with Crippen molar-refractivity contribution >= 4 is 16.7 Å². The predicted molar refractivity (Wildman–Crippen MR) is 112 cm³/mol. The van der Waals surface area contributed by atoms with Crippen molar-refractivity contribution in [1.82, 2.24) is 14.7 Å². The molecular formula is C23H31N3O2. The van der Waals surface area contributed by atoms with Gasteiger partial charge in [0.2, 0.25) is 5.91 Å². The summed E-state index contributed by atoms with van der Waals surface area (Å²) in [5.74, 6) is 0.240. The van der Waals surface area contributed by atoms with E-state index in [1.54, 1.807) is 0 Å². The fraction of sp³-hybridized carbons (Fsp3) is 0.522. The maximum absolute atomic E-state index is 12.7. The molecule has 0 saturated carbocycles. The fourth-order valence-corrected chi connectivity index (χ4v) is 4.45. The molecule has 0 N–H and O–H groups in total. The van der Waals surface area contributed by atoms with E-state index in [0.717, 1.165) is 32.7 Å². The van der Waals surface area contributed by atoms with Gasteiger partial charge in [-0.05, 0) is 30.2 Å². The smallest absolute Gasteiger partial charge is 0.236 e. The Hall–Kier alpha value is -1.95. The number of ether oxygens (including phenoxy) is 1. The van der Waals surface area contributed by atoms with E-state index in [1.165, 1.54) is 16.3 Å². The summed E-state index contributed by atoms with van der Waals surface area (Å²) < 4.78 is 5.74. The molecule has 2 fully saturated rings. The molecule has 0 aliphatic carbocycles. The molecule has 2 aliphatic rings. The first-order valence-corrected chi connectivity index (χ1v) is 10.4. The number of morpholine rings is 1. The number of carbonyl (C=O) groups excluding carboxylic acids is 1. The second-order valence-electron chi connectivity index (χ2n) is 8.25. The Morgan fingerprint density at radius 2 is 1.57 bits per heavy atom. The van der Waals surface area contributed by atoms with Crippen LogP contribution >= 0.6 is 0 Å². The van der Waals surface area contributed by atoms with E-state index in [4.69, 9.17) is 4.74 Å². The lowest BCUT2D eigenvalue weighted by molar-refractivity contribution is -0.144. The Labute approximate surface area is 167 Å². The number of amides is 1.